The van der Waals surface area contributed by atoms with Crippen molar-refractivity contribution in [2.45, 2.75) is 76.0 Å². The zero-order valence-corrected chi connectivity index (χ0v) is 21.5. The maximum Gasteiger partial charge on any atom is 0.410 e. The normalized spacial score (nSPS) is 35.9. The van der Waals surface area contributed by atoms with Crippen LogP contribution in [0.4, 0.5) is 4.79 Å². The Bertz CT molecular complexity index is 951. The molecule has 4 aliphatic rings. The average Bonchev–Trinajstić information content (AvgIpc) is 3.73. The van der Waals surface area contributed by atoms with Gasteiger partial charge in [0.05, 0.1) is 25.7 Å². The number of carbonyl (C=O) groups is 1. The van der Waals surface area contributed by atoms with Gasteiger partial charge >= 0.3 is 6.09 Å². The Balaban J connectivity index is 1.17. The van der Waals surface area contributed by atoms with Crippen molar-refractivity contribution in [1.29, 1.82) is 0 Å². The summed E-state index contributed by atoms with van der Waals surface area (Å²) in [5, 5.41) is 0. The smallest absolute Gasteiger partial charge is 0.410 e. The van der Waals surface area contributed by atoms with Crippen LogP contribution in [0.2, 0.25) is 0 Å². The van der Waals surface area contributed by atoms with Crippen molar-refractivity contribution in [3.05, 3.63) is 35.5 Å². The molecular formula is C27H38N2O6. The van der Waals surface area contributed by atoms with Gasteiger partial charge in [0.25, 0.3) is 0 Å². The van der Waals surface area contributed by atoms with Gasteiger partial charge in [-0.05, 0) is 57.9 Å². The van der Waals surface area contributed by atoms with Crippen molar-refractivity contribution in [3.8, 4) is 5.88 Å². The maximum atomic E-state index is 13.0. The third-order valence-electron chi connectivity index (χ3n) is 8.24. The van der Waals surface area contributed by atoms with Gasteiger partial charge in [-0.25, -0.2) is 9.78 Å². The van der Waals surface area contributed by atoms with Crippen LogP contribution in [0.3, 0.4) is 0 Å². The van der Waals surface area contributed by atoms with Crippen molar-refractivity contribution in [2.24, 2.45) is 11.8 Å². The third kappa shape index (κ3) is 4.80. The number of likely N-dealkylation sites (tertiary alicyclic amines) is 1. The number of pyridine rings is 1. The number of epoxide rings is 2. The minimum Gasteiger partial charge on any atom is -0.481 e. The minimum absolute atomic E-state index is 0.0359. The second-order valence-electron chi connectivity index (χ2n) is 11.0. The van der Waals surface area contributed by atoms with Gasteiger partial charge in [-0.3, -0.25) is 0 Å². The fraction of sp³-hybridized carbons (Fsp3) is 0.704. The first-order valence-corrected chi connectivity index (χ1v) is 12.7. The minimum atomic E-state index is -0.331. The molecule has 0 aromatic carbocycles. The van der Waals surface area contributed by atoms with Gasteiger partial charge in [0, 0.05) is 32.5 Å². The Labute approximate surface area is 207 Å². The summed E-state index contributed by atoms with van der Waals surface area (Å²) in [6, 6.07) is 3.90. The molecule has 5 rings (SSSR count). The number of ether oxygens (including phenoxy) is 5. The maximum absolute atomic E-state index is 13.0. The predicted molar refractivity (Wildman–Crippen MR) is 129 cm³/mol. The molecule has 8 heteroatoms. The summed E-state index contributed by atoms with van der Waals surface area (Å²) < 4.78 is 29.4. The Hall–Kier alpha value is -2.16. The first kappa shape index (κ1) is 24.5. The predicted octanol–water partition coefficient (Wildman–Crippen LogP) is 3.78. The fourth-order valence-electron chi connectivity index (χ4n) is 6.11. The molecular weight excluding hydrogens is 448 g/mol. The number of allylic oxidation sites excluding steroid dienone is 1. The van der Waals surface area contributed by atoms with E-state index in [1.54, 1.807) is 19.1 Å². The summed E-state index contributed by atoms with van der Waals surface area (Å²) in [7, 11) is 3.32. The van der Waals surface area contributed by atoms with Gasteiger partial charge in [0.2, 0.25) is 5.88 Å². The first-order chi connectivity index (χ1) is 16.8. The van der Waals surface area contributed by atoms with E-state index in [4.69, 9.17) is 23.7 Å². The van der Waals surface area contributed by atoms with Gasteiger partial charge < -0.3 is 28.6 Å². The number of aromatic nitrogens is 1. The molecule has 192 valence electrons. The molecule has 4 fully saturated rings. The van der Waals surface area contributed by atoms with Crippen LogP contribution in [-0.4, -0.2) is 79.4 Å². The van der Waals surface area contributed by atoms with Gasteiger partial charge in [-0.2, -0.15) is 0 Å². The second-order valence-corrected chi connectivity index (χ2v) is 11.0. The van der Waals surface area contributed by atoms with E-state index in [0.717, 1.165) is 37.9 Å². The molecule has 1 spiro atoms. The summed E-state index contributed by atoms with van der Waals surface area (Å²) in [6.45, 7) is 8.48. The monoisotopic (exact) mass is 486 g/mol. The van der Waals surface area contributed by atoms with Crippen molar-refractivity contribution >= 4 is 6.09 Å². The van der Waals surface area contributed by atoms with E-state index in [-0.39, 0.29) is 41.5 Å². The van der Waals surface area contributed by atoms with Crippen LogP contribution < -0.4 is 4.74 Å². The fourth-order valence-corrected chi connectivity index (χ4v) is 6.11. The number of amides is 1. The lowest BCUT2D eigenvalue weighted by Crippen LogP contribution is -2.57. The highest BCUT2D eigenvalue weighted by Gasteiger charge is 2.72. The zero-order chi connectivity index (χ0) is 24.8. The zero-order valence-electron chi connectivity index (χ0n) is 21.5. The molecule has 1 amide bonds. The Morgan fingerprint density at radius 3 is 2.66 bits per heavy atom. The number of hydrogen-bond acceptors (Lipinski definition) is 7. The lowest BCUT2D eigenvalue weighted by atomic mass is 9.68. The molecule has 4 unspecified atom stereocenters. The number of nitrogens with zero attached hydrogens (tertiary/aromatic N) is 2. The Morgan fingerprint density at radius 1 is 1.29 bits per heavy atom. The highest BCUT2D eigenvalue weighted by Crippen LogP contribution is 2.59. The number of methoxy groups -OCH3 is 2. The van der Waals surface area contributed by atoms with Crippen LogP contribution in [0.25, 0.3) is 0 Å². The van der Waals surface area contributed by atoms with Gasteiger partial charge in [0.15, 0.2) is 0 Å². The number of hydrogen-bond donors (Lipinski definition) is 0. The van der Waals surface area contributed by atoms with E-state index in [0.29, 0.717) is 24.9 Å². The molecule has 6 atom stereocenters. The van der Waals surface area contributed by atoms with E-state index in [9.17, 15) is 4.79 Å². The Morgan fingerprint density at radius 2 is 2.06 bits per heavy atom. The van der Waals surface area contributed by atoms with Gasteiger partial charge in [-0.15, -0.1) is 0 Å². The van der Waals surface area contributed by atoms with Crippen LogP contribution in [0.1, 0.15) is 45.6 Å². The highest BCUT2D eigenvalue weighted by atomic mass is 16.6. The summed E-state index contributed by atoms with van der Waals surface area (Å²) in [6.07, 6.45) is 6.76. The molecule has 1 aromatic rings. The van der Waals surface area contributed by atoms with Crippen molar-refractivity contribution in [1.82, 2.24) is 9.88 Å². The molecule has 3 saturated heterocycles. The molecule has 35 heavy (non-hydrogen) atoms. The molecule has 8 nitrogen and oxygen atoms in total. The quantitative estimate of drug-likeness (QED) is 0.408. The highest BCUT2D eigenvalue weighted by molar-refractivity contribution is 5.69. The van der Waals surface area contributed by atoms with Crippen molar-refractivity contribution < 1.29 is 28.5 Å². The molecule has 3 aliphatic heterocycles. The molecule has 0 radical (unpaired) electrons. The number of rotatable bonds is 8. The van der Waals surface area contributed by atoms with Crippen LogP contribution in [-0.2, 0) is 25.4 Å². The molecule has 1 saturated carbocycles. The lowest BCUT2D eigenvalue weighted by Gasteiger charge is -2.44. The van der Waals surface area contributed by atoms with E-state index in [2.05, 4.69) is 31.8 Å². The van der Waals surface area contributed by atoms with E-state index in [1.807, 2.05) is 18.3 Å². The average molecular weight is 487 g/mol. The molecule has 0 N–H and O–H groups in total. The van der Waals surface area contributed by atoms with Crippen LogP contribution in [0.5, 0.6) is 5.88 Å². The van der Waals surface area contributed by atoms with E-state index < -0.39 is 0 Å². The van der Waals surface area contributed by atoms with Crippen LogP contribution >= 0.6 is 0 Å². The Kier molecular flexibility index (Phi) is 6.57. The van der Waals surface area contributed by atoms with Crippen LogP contribution in [0.15, 0.2) is 30.0 Å². The SMILES string of the molecule is COc1ccc(CC2CN(C(=O)OC3CCC4(CO4)C([C@@]4(C)O[C@@H]4CC=C(C)C)C3OC)C2)cn1. The molecule has 4 heterocycles. The second kappa shape index (κ2) is 9.37. The van der Waals surface area contributed by atoms with Crippen molar-refractivity contribution in [3.63, 3.8) is 0 Å². The molecule has 1 aliphatic carbocycles. The molecule has 0 bridgehead atoms. The van der Waals surface area contributed by atoms with Crippen molar-refractivity contribution in [2.75, 3.05) is 33.9 Å². The van der Waals surface area contributed by atoms with Gasteiger partial charge in [0.1, 0.15) is 23.4 Å². The largest absolute Gasteiger partial charge is 0.481 e. The topological polar surface area (TPSA) is 86.0 Å². The summed E-state index contributed by atoms with van der Waals surface area (Å²) >= 11 is 0. The first-order valence-electron chi connectivity index (χ1n) is 12.7. The third-order valence-corrected chi connectivity index (χ3v) is 8.24. The molecule has 1 aromatic heterocycles. The lowest BCUT2D eigenvalue weighted by molar-refractivity contribution is -0.124. The summed E-state index contributed by atoms with van der Waals surface area (Å²) in [4.78, 5) is 19.0. The van der Waals surface area contributed by atoms with Crippen LogP contribution in [0, 0.1) is 11.8 Å². The van der Waals surface area contributed by atoms with E-state index >= 15 is 0 Å². The summed E-state index contributed by atoms with van der Waals surface area (Å²) in [5.41, 5.74) is 1.89. The summed E-state index contributed by atoms with van der Waals surface area (Å²) in [5.74, 6) is 1.06. The van der Waals surface area contributed by atoms with E-state index in [1.165, 1.54) is 5.57 Å². The standard InChI is InChI=1S/C27H38N2O6/c1-17(2)6-8-21-26(3,35-21)24-23(32-5)20(10-11-27(24)16-33-27)34-25(30)29-14-19(15-29)12-18-7-9-22(31-4)28-13-18/h6-7,9,13,19-21,23-24H,8,10-12,14-16H2,1-5H3/t20?,21-,23?,24?,26+,27?/m1/s1. The van der Waals surface area contributed by atoms with Gasteiger partial charge in [-0.1, -0.05) is 17.7 Å². The number of carbonyl (C=O) groups excluding carboxylic acids is 1.